The summed E-state index contributed by atoms with van der Waals surface area (Å²) in [5.41, 5.74) is -2.62. The van der Waals surface area contributed by atoms with Crippen LogP contribution < -0.4 is 0 Å². The highest BCUT2D eigenvalue weighted by molar-refractivity contribution is 5.76. The summed E-state index contributed by atoms with van der Waals surface area (Å²) in [4.78, 5) is 9.31. The smallest absolute Gasteiger partial charge is 0.381 e. The summed E-state index contributed by atoms with van der Waals surface area (Å²) in [5, 5.41) is 20.5. The number of rotatable bonds is 2. The zero-order valence-electron chi connectivity index (χ0n) is 10.0. The summed E-state index contributed by atoms with van der Waals surface area (Å²) in [5.74, 6) is 0. The van der Waals surface area contributed by atoms with Crippen LogP contribution in [0.3, 0.4) is 0 Å². The third-order valence-electron chi connectivity index (χ3n) is 3.17. The monoisotopic (exact) mass is 285 g/mol. The molecule has 1 aliphatic carbocycles. The van der Waals surface area contributed by atoms with E-state index in [2.05, 4.69) is 0 Å². The number of nitrogens with zero attached hydrogens (tertiary/aromatic N) is 1. The first kappa shape index (κ1) is 14.3. The van der Waals surface area contributed by atoms with E-state index in [1.165, 1.54) is 0 Å². The Labute approximate surface area is 112 Å². The van der Waals surface area contributed by atoms with E-state index >= 15 is 0 Å². The molecule has 0 saturated heterocycles. The Morgan fingerprint density at radius 1 is 1.25 bits per heavy atom. The fraction of sp³-hybridized carbons (Fsp3) is 0.231. The van der Waals surface area contributed by atoms with Gasteiger partial charge in [-0.1, -0.05) is 36.4 Å². The van der Waals surface area contributed by atoms with Crippen molar-refractivity contribution in [3.05, 3.63) is 64.2 Å². The number of alkyl halides is 3. The molecular weight excluding hydrogens is 275 g/mol. The average Bonchev–Trinajstić information content (AvgIpc) is 2.37. The van der Waals surface area contributed by atoms with Crippen LogP contribution in [0.15, 0.2) is 48.6 Å². The molecule has 106 valence electrons. The number of aliphatic hydroxyl groups excluding tert-OH is 1. The molecular formula is C13H10F3NO3. The van der Waals surface area contributed by atoms with E-state index < -0.39 is 22.7 Å². The molecule has 1 aromatic carbocycles. The number of halogens is 3. The van der Waals surface area contributed by atoms with Crippen LogP contribution in [-0.2, 0) is 0 Å². The number of hydrogen-bond donors (Lipinski definition) is 1. The lowest BCUT2D eigenvalue weighted by molar-refractivity contribution is -0.607. The maximum absolute atomic E-state index is 12.9. The molecule has 2 rings (SSSR count). The SMILES string of the molecule is O=[N+]([O-])C1(C(F)(F)F)C=CC(c2ccccc2)=CC1O. The van der Waals surface area contributed by atoms with Crippen LogP contribution in [0.2, 0.25) is 0 Å². The Bertz CT molecular complexity index is 580. The quantitative estimate of drug-likeness (QED) is 0.671. The van der Waals surface area contributed by atoms with Gasteiger partial charge in [0.1, 0.15) is 0 Å². The van der Waals surface area contributed by atoms with Crippen LogP contribution in [-0.4, -0.2) is 27.8 Å². The van der Waals surface area contributed by atoms with Crippen molar-refractivity contribution >= 4 is 5.57 Å². The van der Waals surface area contributed by atoms with Gasteiger partial charge < -0.3 is 5.11 Å². The van der Waals surface area contributed by atoms with Crippen molar-refractivity contribution in [2.45, 2.75) is 17.8 Å². The van der Waals surface area contributed by atoms with Crippen molar-refractivity contribution in [3.8, 4) is 0 Å². The summed E-state index contributed by atoms with van der Waals surface area (Å²) in [6.45, 7) is 0. The highest BCUT2D eigenvalue weighted by Gasteiger charge is 2.69. The van der Waals surface area contributed by atoms with E-state index in [-0.39, 0.29) is 0 Å². The molecule has 1 aliphatic rings. The molecule has 20 heavy (non-hydrogen) atoms. The third-order valence-corrected chi connectivity index (χ3v) is 3.17. The lowest BCUT2D eigenvalue weighted by Crippen LogP contribution is -2.59. The maximum atomic E-state index is 12.9. The molecule has 0 radical (unpaired) electrons. The van der Waals surface area contributed by atoms with Gasteiger partial charge in [-0.3, -0.25) is 10.1 Å². The van der Waals surface area contributed by atoms with E-state index in [1.54, 1.807) is 30.3 Å². The lowest BCUT2D eigenvalue weighted by Gasteiger charge is -2.30. The lowest BCUT2D eigenvalue weighted by atomic mass is 9.84. The highest BCUT2D eigenvalue weighted by atomic mass is 19.4. The third kappa shape index (κ3) is 2.09. The maximum Gasteiger partial charge on any atom is 0.467 e. The number of allylic oxidation sites excluding steroid dienone is 2. The molecule has 0 aliphatic heterocycles. The number of aliphatic hydroxyl groups is 1. The first-order valence-corrected chi connectivity index (χ1v) is 5.65. The predicted molar refractivity (Wildman–Crippen MR) is 65.3 cm³/mol. The van der Waals surface area contributed by atoms with Gasteiger partial charge in [0.25, 0.3) is 0 Å². The minimum Gasteiger partial charge on any atom is -0.381 e. The van der Waals surface area contributed by atoms with Crippen LogP contribution in [0.25, 0.3) is 5.57 Å². The van der Waals surface area contributed by atoms with Gasteiger partial charge >= 0.3 is 11.7 Å². The van der Waals surface area contributed by atoms with Crippen molar-refractivity contribution in [3.63, 3.8) is 0 Å². The molecule has 7 heteroatoms. The zero-order valence-corrected chi connectivity index (χ0v) is 10.0. The van der Waals surface area contributed by atoms with Crippen LogP contribution in [0.1, 0.15) is 5.56 Å². The fourth-order valence-corrected chi connectivity index (χ4v) is 2.03. The second-order valence-corrected chi connectivity index (χ2v) is 4.35. The molecule has 0 heterocycles. The van der Waals surface area contributed by atoms with Crippen molar-refractivity contribution in [1.29, 1.82) is 0 Å². The molecule has 1 aromatic rings. The van der Waals surface area contributed by atoms with Crippen LogP contribution in [0.5, 0.6) is 0 Å². The molecule has 2 atom stereocenters. The number of benzene rings is 1. The van der Waals surface area contributed by atoms with Gasteiger partial charge in [-0.25, -0.2) is 0 Å². The van der Waals surface area contributed by atoms with Gasteiger partial charge in [0.05, 0.1) is 0 Å². The first-order chi connectivity index (χ1) is 9.29. The van der Waals surface area contributed by atoms with Crippen molar-refractivity contribution < 1.29 is 23.2 Å². The molecule has 2 unspecified atom stereocenters. The highest BCUT2D eigenvalue weighted by Crippen LogP contribution is 2.41. The predicted octanol–water partition coefficient (Wildman–Crippen LogP) is 2.58. The van der Waals surface area contributed by atoms with Gasteiger partial charge in [-0.05, 0) is 17.2 Å². The Hall–Kier alpha value is -2.15. The van der Waals surface area contributed by atoms with E-state index in [0.29, 0.717) is 17.2 Å². The molecule has 0 saturated carbocycles. The van der Waals surface area contributed by atoms with Crippen LogP contribution in [0.4, 0.5) is 13.2 Å². The van der Waals surface area contributed by atoms with E-state index in [1.807, 2.05) is 0 Å². The van der Waals surface area contributed by atoms with Gasteiger partial charge in [0.15, 0.2) is 6.10 Å². The van der Waals surface area contributed by atoms with E-state index in [4.69, 9.17) is 0 Å². The molecule has 0 amide bonds. The molecule has 1 N–H and O–H groups in total. The summed E-state index contributed by atoms with van der Waals surface area (Å²) in [7, 11) is 0. The van der Waals surface area contributed by atoms with Gasteiger partial charge in [0.2, 0.25) is 0 Å². The summed E-state index contributed by atoms with van der Waals surface area (Å²) >= 11 is 0. The average molecular weight is 285 g/mol. The van der Waals surface area contributed by atoms with Gasteiger partial charge in [-0.2, -0.15) is 13.2 Å². The molecule has 4 nitrogen and oxygen atoms in total. The Balaban J connectivity index is 2.45. The Morgan fingerprint density at radius 3 is 2.30 bits per heavy atom. The molecule has 0 spiro atoms. The van der Waals surface area contributed by atoms with E-state index in [9.17, 15) is 28.4 Å². The number of hydrogen-bond acceptors (Lipinski definition) is 3. The van der Waals surface area contributed by atoms with Crippen LogP contribution in [0, 0.1) is 10.1 Å². The first-order valence-electron chi connectivity index (χ1n) is 5.65. The Kier molecular flexibility index (Phi) is 3.39. The van der Waals surface area contributed by atoms with Gasteiger partial charge in [0, 0.05) is 11.0 Å². The molecule has 0 fully saturated rings. The normalized spacial score (nSPS) is 26.2. The minimum absolute atomic E-state index is 0.305. The standard InChI is InChI=1S/C13H10F3NO3/c14-13(15,16)12(17(19)20)7-6-10(8-11(12)18)9-4-2-1-3-5-9/h1-8,11,18H. The zero-order chi connectivity index (χ0) is 15.0. The largest absolute Gasteiger partial charge is 0.467 e. The van der Waals surface area contributed by atoms with Crippen LogP contribution >= 0.6 is 0 Å². The van der Waals surface area contributed by atoms with Crippen molar-refractivity contribution in [2.24, 2.45) is 0 Å². The minimum atomic E-state index is -5.19. The fourth-order valence-electron chi connectivity index (χ4n) is 2.03. The van der Waals surface area contributed by atoms with Gasteiger partial charge in [-0.15, -0.1) is 0 Å². The summed E-state index contributed by atoms with van der Waals surface area (Å²) in [6.07, 6.45) is -5.20. The number of nitro groups is 1. The molecule has 0 bridgehead atoms. The summed E-state index contributed by atoms with van der Waals surface area (Å²) in [6, 6.07) is 8.35. The topological polar surface area (TPSA) is 63.4 Å². The summed E-state index contributed by atoms with van der Waals surface area (Å²) < 4.78 is 38.8. The van der Waals surface area contributed by atoms with E-state index in [0.717, 1.165) is 12.2 Å². The second-order valence-electron chi connectivity index (χ2n) is 4.35. The van der Waals surface area contributed by atoms with Crippen molar-refractivity contribution in [2.75, 3.05) is 0 Å². The second kappa shape index (κ2) is 4.75. The van der Waals surface area contributed by atoms with Crippen molar-refractivity contribution in [1.82, 2.24) is 0 Å². The Morgan fingerprint density at radius 2 is 1.85 bits per heavy atom. The molecule has 0 aromatic heterocycles.